The van der Waals surface area contributed by atoms with Gasteiger partial charge < -0.3 is 0 Å². The molecule has 9 rings (SSSR count). The average molecular weight is 755 g/mol. The first kappa shape index (κ1) is 37.3. The molecule has 0 radical (unpaired) electrons. The lowest BCUT2D eigenvalue weighted by molar-refractivity contribution is 0.419. The highest BCUT2D eigenvalue weighted by Crippen LogP contribution is 2.60. The molecule has 0 nitrogen and oxygen atoms in total. The summed E-state index contributed by atoms with van der Waals surface area (Å²) < 4.78 is 0. The maximum Gasteiger partial charge on any atom is 0.0629 e. The molecular weight excluding hydrogens is 709 g/mol. The zero-order valence-electron chi connectivity index (χ0n) is 33.1. The number of hydrogen-bond acceptors (Lipinski definition) is 0. The van der Waals surface area contributed by atoms with Crippen molar-refractivity contribution in [1.82, 2.24) is 0 Å². The first-order valence-corrected chi connectivity index (χ1v) is 20.5. The molecule has 0 saturated heterocycles. The molecule has 0 aliphatic rings. The minimum absolute atomic E-state index is 0.0754. The van der Waals surface area contributed by atoms with Crippen LogP contribution in [0.3, 0.4) is 0 Å². The van der Waals surface area contributed by atoms with Crippen LogP contribution in [-0.4, -0.2) is 0 Å². The van der Waals surface area contributed by atoms with E-state index in [1.54, 1.807) is 0 Å². The third-order valence-electron chi connectivity index (χ3n) is 12.1. The van der Waals surface area contributed by atoms with Crippen molar-refractivity contribution in [2.45, 2.75) is 16.7 Å². The van der Waals surface area contributed by atoms with Crippen molar-refractivity contribution in [3.63, 3.8) is 0 Å². The molecule has 1 atom stereocenters. The fourth-order valence-electron chi connectivity index (χ4n) is 9.57. The fourth-order valence-corrected chi connectivity index (χ4v) is 9.57. The smallest absolute Gasteiger partial charge is 0.0629 e. The van der Waals surface area contributed by atoms with Gasteiger partial charge in [0.15, 0.2) is 0 Å². The summed E-state index contributed by atoms with van der Waals surface area (Å²) in [4.78, 5) is 0. The summed E-state index contributed by atoms with van der Waals surface area (Å²) in [5.74, 6) is 0.0754. The van der Waals surface area contributed by atoms with E-state index in [0.29, 0.717) is 0 Å². The first-order chi connectivity index (χ1) is 29.2. The highest BCUT2D eigenvalue weighted by molar-refractivity contribution is 5.71. The highest BCUT2D eigenvalue weighted by Gasteiger charge is 2.57. The third kappa shape index (κ3) is 6.73. The van der Waals surface area contributed by atoms with Crippen molar-refractivity contribution in [3.05, 3.63) is 317 Å². The number of benzene rings is 9. The van der Waals surface area contributed by atoms with E-state index in [0.717, 1.165) is 5.56 Å². The van der Waals surface area contributed by atoms with Gasteiger partial charge in [0.25, 0.3) is 0 Å². The number of hydrogen-bond donors (Lipinski definition) is 0. The van der Waals surface area contributed by atoms with Crippen molar-refractivity contribution >= 4 is 6.08 Å². The Labute approximate surface area is 349 Å². The summed E-state index contributed by atoms with van der Waals surface area (Å²) in [6.45, 7) is 3.97. The van der Waals surface area contributed by atoms with Gasteiger partial charge in [-0.05, 0) is 66.8 Å². The van der Waals surface area contributed by atoms with Crippen LogP contribution in [0.5, 0.6) is 0 Å². The fraction of sp³-hybridized carbons (Fsp3) is 0.0508. The molecule has 0 amide bonds. The van der Waals surface area contributed by atoms with Crippen molar-refractivity contribution in [3.8, 4) is 11.1 Å². The van der Waals surface area contributed by atoms with Gasteiger partial charge in [-0.2, -0.15) is 0 Å². The van der Waals surface area contributed by atoms with Gasteiger partial charge in [0, 0.05) is 5.92 Å². The van der Waals surface area contributed by atoms with Crippen molar-refractivity contribution in [1.29, 1.82) is 0 Å². The molecule has 9 aromatic carbocycles. The van der Waals surface area contributed by atoms with Crippen molar-refractivity contribution < 1.29 is 0 Å². The highest BCUT2D eigenvalue weighted by atomic mass is 14.6. The average Bonchev–Trinajstić information content (AvgIpc) is 3.33. The van der Waals surface area contributed by atoms with E-state index in [1.807, 2.05) is 6.08 Å². The molecule has 0 spiro atoms. The predicted octanol–water partition coefficient (Wildman–Crippen LogP) is 14.5. The van der Waals surface area contributed by atoms with Crippen LogP contribution in [0.1, 0.15) is 61.6 Å². The van der Waals surface area contributed by atoms with E-state index in [4.69, 9.17) is 0 Å². The molecule has 0 N–H and O–H groups in total. The largest absolute Gasteiger partial charge is 0.0985 e. The number of rotatable bonds is 12. The van der Waals surface area contributed by atoms with Crippen LogP contribution in [0.4, 0.5) is 0 Å². The zero-order chi connectivity index (χ0) is 39.9. The summed E-state index contributed by atoms with van der Waals surface area (Å²) in [7, 11) is 0. The van der Waals surface area contributed by atoms with Gasteiger partial charge in [-0.25, -0.2) is 0 Å². The van der Waals surface area contributed by atoms with E-state index >= 15 is 0 Å². The van der Waals surface area contributed by atoms with Crippen molar-refractivity contribution in [2.75, 3.05) is 0 Å². The molecule has 0 aliphatic heterocycles. The molecule has 282 valence electrons. The molecule has 0 aromatic heterocycles. The Morgan fingerprint density at radius 3 is 0.847 bits per heavy atom. The Morgan fingerprint density at radius 1 is 0.271 bits per heavy atom. The molecule has 1 unspecified atom stereocenters. The third-order valence-corrected chi connectivity index (χ3v) is 12.1. The SMILES string of the molecule is C=Cc1ccc(-c2ccc(C(c3ccccc3)(c3ccc(C(c4ccccc4)c4ccccc4)cc3)C(c3ccccc3)(c3ccccc3)c3ccccc3)cc2)cc1. The van der Waals surface area contributed by atoms with Gasteiger partial charge in [0.1, 0.15) is 0 Å². The maximum atomic E-state index is 3.97. The minimum atomic E-state index is -0.781. The van der Waals surface area contributed by atoms with Gasteiger partial charge in [-0.3, -0.25) is 0 Å². The molecule has 0 saturated carbocycles. The summed E-state index contributed by atoms with van der Waals surface area (Å²) >= 11 is 0. The Hall–Kier alpha value is -7.28. The molecule has 59 heavy (non-hydrogen) atoms. The molecule has 0 bridgehead atoms. The van der Waals surface area contributed by atoms with Gasteiger partial charge in [0.2, 0.25) is 0 Å². The van der Waals surface area contributed by atoms with Gasteiger partial charge >= 0.3 is 0 Å². The predicted molar refractivity (Wildman–Crippen MR) is 248 cm³/mol. The summed E-state index contributed by atoms with van der Waals surface area (Å²) in [6, 6.07) is 94.0. The topological polar surface area (TPSA) is 0 Å². The Balaban J connectivity index is 1.39. The van der Waals surface area contributed by atoms with E-state index in [-0.39, 0.29) is 5.92 Å². The van der Waals surface area contributed by atoms with Crippen LogP contribution < -0.4 is 0 Å². The minimum Gasteiger partial charge on any atom is -0.0985 e. The van der Waals surface area contributed by atoms with E-state index in [9.17, 15) is 0 Å². The second kappa shape index (κ2) is 16.7. The van der Waals surface area contributed by atoms with Crippen LogP contribution in [0.25, 0.3) is 17.2 Å². The molecule has 0 heterocycles. The van der Waals surface area contributed by atoms with Crippen LogP contribution in [0.15, 0.2) is 261 Å². The van der Waals surface area contributed by atoms with Crippen LogP contribution in [0.2, 0.25) is 0 Å². The molecule has 0 fully saturated rings. The van der Waals surface area contributed by atoms with E-state index in [1.165, 1.54) is 61.2 Å². The Morgan fingerprint density at radius 2 is 0.525 bits per heavy atom. The standard InChI is InChI=1S/C59H46/c1-2-45-33-35-46(36-34-45)47-37-41-55(42-38-47)59(54-31-19-8-20-32-54,56-43-39-50(40-44-56)57(48-21-9-3-10-22-48)49-23-11-4-12-24-49)58(51-25-13-5-14-26-51,52-27-15-6-16-28-52)53-29-17-7-18-30-53/h2-44,57H,1H2. The summed E-state index contributed by atoms with van der Waals surface area (Å²) in [5, 5.41) is 0. The lowest BCUT2D eigenvalue weighted by atomic mass is 9.47. The monoisotopic (exact) mass is 754 g/mol. The van der Waals surface area contributed by atoms with E-state index in [2.05, 4.69) is 261 Å². The second-order valence-corrected chi connectivity index (χ2v) is 15.2. The normalized spacial score (nSPS) is 12.4. The van der Waals surface area contributed by atoms with E-state index < -0.39 is 10.8 Å². The summed E-state index contributed by atoms with van der Waals surface area (Å²) in [6.07, 6.45) is 1.89. The molecule has 0 aliphatic carbocycles. The van der Waals surface area contributed by atoms with Gasteiger partial charge in [0.05, 0.1) is 10.8 Å². The molecular formula is C59H46. The second-order valence-electron chi connectivity index (χ2n) is 15.2. The lowest BCUT2D eigenvalue weighted by Crippen LogP contribution is -2.52. The van der Waals surface area contributed by atoms with Crippen LogP contribution in [-0.2, 0) is 10.8 Å². The van der Waals surface area contributed by atoms with Crippen LogP contribution in [0, 0.1) is 0 Å². The van der Waals surface area contributed by atoms with Gasteiger partial charge in [-0.1, -0.05) is 267 Å². The maximum absolute atomic E-state index is 3.97. The molecule has 9 aromatic rings. The molecule has 0 heteroatoms. The zero-order valence-corrected chi connectivity index (χ0v) is 33.1. The Kier molecular flexibility index (Phi) is 10.5. The van der Waals surface area contributed by atoms with Gasteiger partial charge in [-0.15, -0.1) is 0 Å². The first-order valence-electron chi connectivity index (χ1n) is 20.5. The summed E-state index contributed by atoms with van der Waals surface area (Å²) in [5.41, 5.74) is 12.9. The Bertz CT molecular complexity index is 2570. The van der Waals surface area contributed by atoms with Crippen molar-refractivity contribution in [2.24, 2.45) is 0 Å². The quantitative estimate of drug-likeness (QED) is 0.109. The van der Waals surface area contributed by atoms with Crippen LogP contribution >= 0.6 is 0 Å². The lowest BCUT2D eigenvalue weighted by Gasteiger charge is -2.53.